The lowest BCUT2D eigenvalue weighted by atomic mass is 9.83. The third-order valence-electron chi connectivity index (χ3n) is 6.49. The average Bonchev–Trinajstić information content (AvgIpc) is 3.25. The minimum Gasteiger partial charge on any atom is -0.382 e. The zero-order valence-corrected chi connectivity index (χ0v) is 18.9. The van der Waals surface area contributed by atoms with E-state index in [0.29, 0.717) is 5.41 Å². The van der Waals surface area contributed by atoms with E-state index in [1.54, 1.807) is 0 Å². The van der Waals surface area contributed by atoms with Crippen molar-refractivity contribution in [2.45, 2.75) is 52.1 Å². The Labute approximate surface area is 182 Å². The Bertz CT molecular complexity index is 635. The molecule has 168 valence electrons. The van der Waals surface area contributed by atoms with Crippen LogP contribution in [-0.2, 0) is 22.6 Å². The van der Waals surface area contributed by atoms with E-state index < -0.39 is 0 Å². The molecular formula is C24H40N4O2. The highest BCUT2D eigenvalue weighted by Crippen LogP contribution is 2.40. The summed E-state index contributed by atoms with van der Waals surface area (Å²) in [6.45, 7) is 10.2. The normalized spacial score (nSPS) is 19.7. The van der Waals surface area contributed by atoms with Crippen LogP contribution in [0.1, 0.15) is 50.2 Å². The van der Waals surface area contributed by atoms with Gasteiger partial charge in [0.1, 0.15) is 0 Å². The first-order valence-electron chi connectivity index (χ1n) is 11.6. The molecule has 2 fully saturated rings. The van der Waals surface area contributed by atoms with E-state index in [2.05, 4.69) is 51.7 Å². The van der Waals surface area contributed by atoms with Crippen molar-refractivity contribution in [1.29, 1.82) is 0 Å². The topological polar surface area (TPSA) is 58.1 Å². The molecule has 2 aliphatic rings. The summed E-state index contributed by atoms with van der Waals surface area (Å²) in [4.78, 5) is 6.88. The van der Waals surface area contributed by atoms with E-state index >= 15 is 0 Å². The summed E-state index contributed by atoms with van der Waals surface area (Å²) >= 11 is 0. The molecule has 0 spiro atoms. The summed E-state index contributed by atoms with van der Waals surface area (Å²) in [6.07, 6.45) is 6.37. The second kappa shape index (κ2) is 12.3. The van der Waals surface area contributed by atoms with E-state index in [1.807, 2.05) is 7.05 Å². The van der Waals surface area contributed by atoms with Gasteiger partial charge >= 0.3 is 0 Å². The monoisotopic (exact) mass is 416 g/mol. The maximum absolute atomic E-state index is 5.63. The first-order valence-corrected chi connectivity index (χ1v) is 11.6. The van der Waals surface area contributed by atoms with Crippen LogP contribution in [0.5, 0.6) is 0 Å². The van der Waals surface area contributed by atoms with Crippen LogP contribution in [0.25, 0.3) is 0 Å². The molecule has 0 atom stereocenters. The average molecular weight is 417 g/mol. The van der Waals surface area contributed by atoms with Gasteiger partial charge in [-0.3, -0.25) is 9.89 Å². The summed E-state index contributed by atoms with van der Waals surface area (Å²) < 4.78 is 11.1. The SMILES string of the molecule is CCOCCC1(CNC(=NC)NCc2ccc(CN3CCOCC3)cc2)CCCC1. The maximum atomic E-state index is 5.63. The van der Waals surface area contributed by atoms with Crippen molar-refractivity contribution in [3.05, 3.63) is 35.4 Å². The van der Waals surface area contributed by atoms with Crippen LogP contribution in [0.2, 0.25) is 0 Å². The van der Waals surface area contributed by atoms with Crippen LogP contribution in [-0.4, -0.2) is 64.0 Å². The van der Waals surface area contributed by atoms with E-state index in [0.717, 1.165) is 71.5 Å². The van der Waals surface area contributed by atoms with Gasteiger partial charge < -0.3 is 20.1 Å². The first-order chi connectivity index (χ1) is 14.7. The van der Waals surface area contributed by atoms with Crippen molar-refractivity contribution < 1.29 is 9.47 Å². The molecule has 3 rings (SSSR count). The Morgan fingerprint density at radius 3 is 2.47 bits per heavy atom. The Kier molecular flexibility index (Phi) is 9.43. The second-order valence-corrected chi connectivity index (χ2v) is 8.64. The van der Waals surface area contributed by atoms with Gasteiger partial charge in [0.2, 0.25) is 0 Å². The van der Waals surface area contributed by atoms with E-state index in [1.165, 1.54) is 36.8 Å². The molecule has 0 amide bonds. The standard InChI is InChI=1S/C24H40N4O2/c1-3-29-15-12-24(10-4-5-11-24)20-27-23(25-2)26-18-21-6-8-22(9-7-21)19-28-13-16-30-17-14-28/h6-9H,3-5,10-20H2,1-2H3,(H2,25,26,27). The summed E-state index contributed by atoms with van der Waals surface area (Å²) in [5, 5.41) is 7.06. The third-order valence-corrected chi connectivity index (χ3v) is 6.49. The van der Waals surface area contributed by atoms with Crippen molar-refractivity contribution in [1.82, 2.24) is 15.5 Å². The maximum Gasteiger partial charge on any atom is 0.191 e. The molecule has 1 saturated carbocycles. The zero-order chi connectivity index (χ0) is 21.1. The highest BCUT2D eigenvalue weighted by molar-refractivity contribution is 5.79. The molecule has 0 radical (unpaired) electrons. The predicted molar refractivity (Wildman–Crippen MR) is 123 cm³/mol. The molecule has 30 heavy (non-hydrogen) atoms. The molecule has 0 aromatic heterocycles. The van der Waals surface area contributed by atoms with E-state index in [-0.39, 0.29) is 0 Å². The second-order valence-electron chi connectivity index (χ2n) is 8.64. The van der Waals surface area contributed by atoms with Gasteiger partial charge in [-0.05, 0) is 42.7 Å². The van der Waals surface area contributed by atoms with Crippen molar-refractivity contribution in [2.24, 2.45) is 10.4 Å². The number of guanidine groups is 1. The highest BCUT2D eigenvalue weighted by atomic mass is 16.5. The molecule has 1 saturated heterocycles. The van der Waals surface area contributed by atoms with Crippen LogP contribution >= 0.6 is 0 Å². The fraction of sp³-hybridized carbons (Fsp3) is 0.708. The van der Waals surface area contributed by atoms with Gasteiger partial charge in [-0.1, -0.05) is 37.1 Å². The van der Waals surface area contributed by atoms with Crippen molar-refractivity contribution in [2.75, 3.05) is 53.1 Å². The minimum absolute atomic E-state index is 0.355. The quantitative estimate of drug-likeness (QED) is 0.349. The molecule has 1 aromatic rings. The molecule has 1 heterocycles. The minimum atomic E-state index is 0.355. The van der Waals surface area contributed by atoms with Gasteiger partial charge in [0, 0.05) is 53.0 Å². The number of hydrogen-bond acceptors (Lipinski definition) is 4. The number of hydrogen-bond donors (Lipinski definition) is 2. The van der Waals surface area contributed by atoms with Gasteiger partial charge in [0.15, 0.2) is 5.96 Å². The molecule has 1 aliphatic heterocycles. The lowest BCUT2D eigenvalue weighted by Gasteiger charge is -2.30. The van der Waals surface area contributed by atoms with Gasteiger partial charge in [0.25, 0.3) is 0 Å². The van der Waals surface area contributed by atoms with Gasteiger partial charge in [-0.2, -0.15) is 0 Å². The van der Waals surface area contributed by atoms with Gasteiger partial charge in [-0.25, -0.2) is 0 Å². The Morgan fingerprint density at radius 2 is 1.80 bits per heavy atom. The van der Waals surface area contributed by atoms with E-state index in [9.17, 15) is 0 Å². The lowest BCUT2D eigenvalue weighted by molar-refractivity contribution is 0.0342. The number of rotatable bonds is 10. The molecule has 0 bridgehead atoms. The smallest absolute Gasteiger partial charge is 0.191 e. The lowest BCUT2D eigenvalue weighted by Crippen LogP contribution is -2.43. The van der Waals surface area contributed by atoms with E-state index in [4.69, 9.17) is 9.47 Å². The number of aliphatic imine (C=N–C) groups is 1. The Balaban J connectivity index is 1.43. The predicted octanol–water partition coefficient (Wildman–Crippen LogP) is 3.17. The third kappa shape index (κ3) is 7.25. The molecule has 1 aliphatic carbocycles. The molecule has 6 heteroatoms. The van der Waals surface area contributed by atoms with Crippen LogP contribution in [0.4, 0.5) is 0 Å². The molecule has 6 nitrogen and oxygen atoms in total. The number of benzene rings is 1. The fourth-order valence-corrected chi connectivity index (χ4v) is 4.53. The summed E-state index contributed by atoms with van der Waals surface area (Å²) in [5.74, 6) is 0.884. The highest BCUT2D eigenvalue weighted by Gasteiger charge is 2.33. The Morgan fingerprint density at radius 1 is 1.10 bits per heavy atom. The van der Waals surface area contributed by atoms with Gasteiger partial charge in [-0.15, -0.1) is 0 Å². The molecule has 2 N–H and O–H groups in total. The number of nitrogens with zero attached hydrogens (tertiary/aromatic N) is 2. The Hall–Kier alpha value is -1.63. The van der Waals surface area contributed by atoms with Crippen LogP contribution in [0.15, 0.2) is 29.3 Å². The van der Waals surface area contributed by atoms with Crippen LogP contribution in [0, 0.1) is 5.41 Å². The number of ether oxygens (including phenoxy) is 2. The van der Waals surface area contributed by atoms with Crippen LogP contribution in [0.3, 0.4) is 0 Å². The van der Waals surface area contributed by atoms with Crippen molar-refractivity contribution >= 4 is 5.96 Å². The van der Waals surface area contributed by atoms with Gasteiger partial charge in [0.05, 0.1) is 13.2 Å². The number of morpholine rings is 1. The van der Waals surface area contributed by atoms with Crippen molar-refractivity contribution in [3.63, 3.8) is 0 Å². The van der Waals surface area contributed by atoms with Crippen LogP contribution < -0.4 is 10.6 Å². The summed E-state index contributed by atoms with van der Waals surface area (Å²) in [5.41, 5.74) is 2.99. The zero-order valence-electron chi connectivity index (χ0n) is 18.9. The first kappa shape index (κ1) is 23.0. The molecule has 1 aromatic carbocycles. The van der Waals surface area contributed by atoms with Crippen molar-refractivity contribution in [3.8, 4) is 0 Å². The summed E-state index contributed by atoms with van der Waals surface area (Å²) in [6, 6.07) is 8.92. The number of nitrogens with one attached hydrogen (secondary N) is 2. The fourth-order valence-electron chi connectivity index (χ4n) is 4.53. The largest absolute Gasteiger partial charge is 0.382 e. The molecule has 0 unspecified atom stereocenters. The summed E-state index contributed by atoms with van der Waals surface area (Å²) in [7, 11) is 1.85. The molecular weight excluding hydrogens is 376 g/mol.